The Morgan fingerprint density at radius 1 is 1.30 bits per heavy atom. The van der Waals surface area contributed by atoms with Crippen molar-refractivity contribution in [2.75, 3.05) is 7.11 Å². The Kier molecular flexibility index (Phi) is 4.73. The predicted molar refractivity (Wildman–Crippen MR) is 88.2 cm³/mol. The first-order valence-electron chi connectivity index (χ1n) is 7.45. The van der Waals surface area contributed by atoms with Gasteiger partial charge in [0.2, 0.25) is 0 Å². The summed E-state index contributed by atoms with van der Waals surface area (Å²) in [6, 6.07) is 1.53. The van der Waals surface area contributed by atoms with Gasteiger partial charge in [-0.1, -0.05) is 11.6 Å². The molecule has 0 unspecified atom stereocenters. The van der Waals surface area contributed by atoms with Crippen LogP contribution in [0.4, 0.5) is 13.2 Å². The Hall–Kier alpha value is -2.11. The van der Waals surface area contributed by atoms with Gasteiger partial charge in [-0.3, -0.25) is 9.59 Å². The SMILES string of the molecule is COS(=O)(=O)Oc1c(C(=O)C2CC2)c(=O)[nH]c2c(C(F)(F)F)cc(Cl)cc12. The number of aromatic amines is 1. The fourth-order valence-electron chi connectivity index (χ4n) is 2.55. The van der Waals surface area contributed by atoms with E-state index in [1.54, 1.807) is 0 Å². The van der Waals surface area contributed by atoms with Crippen molar-refractivity contribution in [3.05, 3.63) is 38.6 Å². The molecule has 0 amide bonds. The largest absolute Gasteiger partial charge is 0.448 e. The quantitative estimate of drug-likeness (QED) is 0.738. The zero-order valence-electron chi connectivity index (χ0n) is 13.5. The average molecular weight is 426 g/mol. The first-order valence-corrected chi connectivity index (χ1v) is 9.16. The average Bonchev–Trinajstić information content (AvgIpc) is 3.38. The van der Waals surface area contributed by atoms with Gasteiger partial charge in [-0.25, -0.2) is 4.18 Å². The molecule has 146 valence electrons. The summed E-state index contributed by atoms with van der Waals surface area (Å²) < 4.78 is 72.3. The van der Waals surface area contributed by atoms with E-state index in [1.165, 1.54) is 0 Å². The third kappa shape index (κ3) is 3.80. The Morgan fingerprint density at radius 2 is 1.93 bits per heavy atom. The molecule has 1 fully saturated rings. The van der Waals surface area contributed by atoms with Gasteiger partial charge in [-0.15, -0.1) is 0 Å². The second kappa shape index (κ2) is 6.50. The molecule has 2 aromatic rings. The molecule has 1 aromatic heterocycles. The predicted octanol–water partition coefficient (Wildman–Crippen LogP) is 3.06. The lowest BCUT2D eigenvalue weighted by Gasteiger charge is -2.15. The fraction of sp³-hybridized carbons (Fsp3) is 0.333. The van der Waals surface area contributed by atoms with Crippen LogP contribution < -0.4 is 9.74 Å². The summed E-state index contributed by atoms with van der Waals surface area (Å²) in [6.45, 7) is 0. The van der Waals surface area contributed by atoms with Crippen LogP contribution in [-0.2, 0) is 20.8 Å². The van der Waals surface area contributed by atoms with Crippen molar-refractivity contribution in [1.82, 2.24) is 4.98 Å². The number of benzene rings is 1. The summed E-state index contributed by atoms with van der Waals surface area (Å²) in [4.78, 5) is 26.8. The number of pyridine rings is 1. The Balaban J connectivity index is 2.43. The van der Waals surface area contributed by atoms with E-state index in [0.717, 1.165) is 13.2 Å². The summed E-state index contributed by atoms with van der Waals surface area (Å²) in [5.74, 6) is -2.11. The number of halogens is 4. The van der Waals surface area contributed by atoms with Crippen molar-refractivity contribution < 1.29 is 34.7 Å². The Bertz CT molecular complexity index is 1110. The van der Waals surface area contributed by atoms with Gasteiger partial charge in [0.25, 0.3) is 5.56 Å². The summed E-state index contributed by atoms with van der Waals surface area (Å²) in [6.07, 6.45) is -3.97. The number of carbonyl (C=O) groups excluding carboxylic acids is 1. The highest BCUT2D eigenvalue weighted by molar-refractivity contribution is 7.82. The zero-order chi connectivity index (χ0) is 20.1. The first-order chi connectivity index (χ1) is 12.4. The van der Waals surface area contributed by atoms with E-state index in [1.807, 2.05) is 4.98 Å². The van der Waals surface area contributed by atoms with Crippen LogP contribution in [0.15, 0.2) is 16.9 Å². The molecule has 0 spiro atoms. The van der Waals surface area contributed by atoms with Crippen molar-refractivity contribution in [2.45, 2.75) is 19.0 Å². The standard InChI is InChI=1S/C15H11ClF3NO6S/c1-25-27(23,24)26-13-8-4-7(16)5-9(15(17,18)19)11(8)20-14(22)10(13)12(21)6-2-3-6/h4-6H,2-3H2,1H3,(H,20,22). The van der Waals surface area contributed by atoms with E-state index in [4.69, 9.17) is 11.6 Å². The summed E-state index contributed by atoms with van der Waals surface area (Å²) in [7, 11) is -3.98. The molecule has 0 bridgehead atoms. The van der Waals surface area contributed by atoms with Crippen LogP contribution in [0.1, 0.15) is 28.8 Å². The molecule has 3 rings (SSSR count). The van der Waals surface area contributed by atoms with Crippen LogP contribution in [0.25, 0.3) is 10.9 Å². The van der Waals surface area contributed by atoms with Gasteiger partial charge < -0.3 is 9.17 Å². The van der Waals surface area contributed by atoms with Crippen molar-refractivity contribution in [1.29, 1.82) is 0 Å². The fourth-order valence-corrected chi connectivity index (χ4v) is 3.22. The molecule has 1 aliphatic rings. The number of hydrogen-bond donors (Lipinski definition) is 1. The number of H-pyrrole nitrogens is 1. The van der Waals surface area contributed by atoms with Crippen molar-refractivity contribution in [2.24, 2.45) is 5.92 Å². The molecule has 0 radical (unpaired) electrons. The van der Waals surface area contributed by atoms with E-state index in [9.17, 15) is 31.2 Å². The third-order valence-corrected chi connectivity index (χ3v) is 4.93. The number of aromatic nitrogens is 1. The minimum atomic E-state index is -4.91. The molecular weight excluding hydrogens is 415 g/mol. The molecule has 7 nitrogen and oxygen atoms in total. The van der Waals surface area contributed by atoms with Crippen LogP contribution in [0, 0.1) is 5.92 Å². The monoisotopic (exact) mass is 425 g/mol. The van der Waals surface area contributed by atoms with E-state index >= 15 is 0 Å². The lowest BCUT2D eigenvalue weighted by molar-refractivity contribution is -0.136. The summed E-state index contributed by atoms with van der Waals surface area (Å²) in [5, 5.41) is -0.884. The van der Waals surface area contributed by atoms with Crippen LogP contribution in [0.2, 0.25) is 5.02 Å². The number of ketones is 1. The van der Waals surface area contributed by atoms with E-state index in [-0.39, 0.29) is 0 Å². The molecule has 0 saturated heterocycles. The third-order valence-electron chi connectivity index (χ3n) is 3.93. The molecule has 0 aliphatic heterocycles. The molecule has 1 aliphatic carbocycles. The number of fused-ring (bicyclic) bond motifs is 1. The smallest absolute Gasteiger partial charge is 0.360 e. The van der Waals surface area contributed by atoms with Crippen LogP contribution in [0.5, 0.6) is 5.75 Å². The van der Waals surface area contributed by atoms with Gasteiger partial charge in [0.15, 0.2) is 11.5 Å². The number of carbonyl (C=O) groups is 1. The molecule has 1 heterocycles. The highest BCUT2D eigenvalue weighted by atomic mass is 35.5. The van der Waals surface area contributed by atoms with Gasteiger partial charge in [-0.05, 0) is 25.0 Å². The molecule has 12 heteroatoms. The number of alkyl halides is 3. The highest BCUT2D eigenvalue weighted by Crippen LogP contribution is 2.41. The zero-order valence-corrected chi connectivity index (χ0v) is 15.1. The van der Waals surface area contributed by atoms with Gasteiger partial charge >= 0.3 is 16.6 Å². The van der Waals surface area contributed by atoms with Crippen LogP contribution in [0.3, 0.4) is 0 Å². The minimum Gasteiger partial charge on any atom is -0.360 e. The number of nitrogens with one attached hydrogen (secondary N) is 1. The number of rotatable bonds is 5. The summed E-state index contributed by atoms with van der Waals surface area (Å²) in [5.41, 5.74) is -3.97. The van der Waals surface area contributed by atoms with E-state index in [2.05, 4.69) is 8.37 Å². The molecule has 0 atom stereocenters. The second-order valence-corrected chi connectivity index (χ2v) is 7.58. The van der Waals surface area contributed by atoms with Gasteiger partial charge in [-0.2, -0.15) is 21.6 Å². The molecule has 1 aromatic carbocycles. The lowest BCUT2D eigenvalue weighted by Crippen LogP contribution is -2.24. The Morgan fingerprint density at radius 3 is 2.44 bits per heavy atom. The highest BCUT2D eigenvalue weighted by Gasteiger charge is 2.38. The normalized spacial score (nSPS) is 15.1. The molecule has 1 N–H and O–H groups in total. The van der Waals surface area contributed by atoms with Crippen LogP contribution >= 0.6 is 11.6 Å². The van der Waals surface area contributed by atoms with Crippen molar-refractivity contribution in [3.63, 3.8) is 0 Å². The summed E-state index contributed by atoms with van der Waals surface area (Å²) >= 11 is 5.74. The molecule has 27 heavy (non-hydrogen) atoms. The van der Waals surface area contributed by atoms with Gasteiger partial charge in [0, 0.05) is 16.3 Å². The van der Waals surface area contributed by atoms with Gasteiger partial charge in [0.1, 0.15) is 5.56 Å². The lowest BCUT2D eigenvalue weighted by atomic mass is 10.0. The maximum atomic E-state index is 13.3. The maximum Gasteiger partial charge on any atom is 0.448 e. The minimum absolute atomic E-state index is 0.397. The van der Waals surface area contributed by atoms with E-state index < -0.39 is 66.6 Å². The number of hydrogen-bond acceptors (Lipinski definition) is 6. The topological polar surface area (TPSA) is 103 Å². The molecule has 1 saturated carbocycles. The van der Waals surface area contributed by atoms with Gasteiger partial charge in [0.05, 0.1) is 18.2 Å². The van der Waals surface area contributed by atoms with Crippen molar-refractivity contribution >= 4 is 38.7 Å². The first kappa shape index (κ1) is 19.6. The van der Waals surface area contributed by atoms with Crippen LogP contribution in [-0.4, -0.2) is 26.3 Å². The Labute approximate surface area is 155 Å². The van der Waals surface area contributed by atoms with Crippen molar-refractivity contribution in [3.8, 4) is 5.75 Å². The molecular formula is C15H11ClF3NO6S. The number of Topliss-reactive ketones (excluding diaryl/α,β-unsaturated/α-hetero) is 1. The maximum absolute atomic E-state index is 13.3. The van der Waals surface area contributed by atoms with E-state index in [0.29, 0.717) is 18.9 Å². The second-order valence-electron chi connectivity index (χ2n) is 5.83.